The highest BCUT2D eigenvalue weighted by Gasteiger charge is 2.20. The molecule has 4 nitrogen and oxygen atoms in total. The second-order valence-corrected chi connectivity index (χ2v) is 6.12. The van der Waals surface area contributed by atoms with Crippen LogP contribution in [-0.2, 0) is 0 Å². The van der Waals surface area contributed by atoms with Crippen molar-refractivity contribution in [3.8, 4) is 0 Å². The highest BCUT2D eigenvalue weighted by molar-refractivity contribution is 7.99. The molecule has 0 aliphatic carbocycles. The van der Waals surface area contributed by atoms with E-state index in [0.29, 0.717) is 11.6 Å². The molecule has 2 N–H and O–H groups in total. The Labute approximate surface area is 127 Å². The maximum atomic E-state index is 11.2. The molecule has 0 fully saturated rings. The van der Waals surface area contributed by atoms with Crippen molar-refractivity contribution in [1.82, 2.24) is 4.98 Å². The molecule has 0 saturated heterocycles. The number of anilines is 1. The standard InChI is InChI=1S/C16H16N2O2S/c19-16(20)13-5-7-17-10-14(13)18-9-11-6-8-21-15-4-2-1-3-12(11)15/h1-5,7,10-11,18H,6,8-9H2,(H,19,20). The number of carboxylic acid groups (broad SMARTS) is 1. The van der Waals surface area contributed by atoms with Crippen molar-refractivity contribution in [2.45, 2.75) is 17.2 Å². The first-order valence-electron chi connectivity index (χ1n) is 6.88. The summed E-state index contributed by atoms with van der Waals surface area (Å²) in [6, 6.07) is 9.96. The molecule has 0 amide bonds. The van der Waals surface area contributed by atoms with Crippen molar-refractivity contribution < 1.29 is 9.90 Å². The van der Waals surface area contributed by atoms with E-state index >= 15 is 0 Å². The van der Waals surface area contributed by atoms with Crippen LogP contribution in [0.15, 0.2) is 47.6 Å². The molecule has 2 aromatic rings. The summed E-state index contributed by atoms with van der Waals surface area (Å²) in [7, 11) is 0. The lowest BCUT2D eigenvalue weighted by Crippen LogP contribution is -2.18. The molecule has 1 atom stereocenters. The third-order valence-corrected chi connectivity index (χ3v) is 4.80. The van der Waals surface area contributed by atoms with Crippen molar-refractivity contribution in [3.05, 3.63) is 53.9 Å². The Balaban J connectivity index is 1.76. The molecule has 0 saturated carbocycles. The fraction of sp³-hybridized carbons (Fsp3) is 0.250. The van der Waals surface area contributed by atoms with E-state index in [4.69, 9.17) is 0 Å². The van der Waals surface area contributed by atoms with Crippen molar-refractivity contribution >= 4 is 23.4 Å². The number of hydrogen-bond donors (Lipinski definition) is 2. The molecule has 1 aliphatic rings. The van der Waals surface area contributed by atoms with Crippen LogP contribution in [0.5, 0.6) is 0 Å². The number of carbonyl (C=O) groups is 1. The smallest absolute Gasteiger partial charge is 0.337 e. The first-order chi connectivity index (χ1) is 10.3. The molecular formula is C16H16N2O2S. The Kier molecular flexibility index (Phi) is 4.10. The third-order valence-electron chi connectivity index (χ3n) is 3.67. The summed E-state index contributed by atoms with van der Waals surface area (Å²) in [6.07, 6.45) is 4.17. The highest BCUT2D eigenvalue weighted by atomic mass is 32.2. The van der Waals surface area contributed by atoms with Gasteiger partial charge >= 0.3 is 5.97 Å². The second kappa shape index (κ2) is 6.18. The monoisotopic (exact) mass is 300 g/mol. The summed E-state index contributed by atoms with van der Waals surface area (Å²) >= 11 is 1.89. The average molecular weight is 300 g/mol. The fourth-order valence-corrected chi connectivity index (χ4v) is 3.78. The van der Waals surface area contributed by atoms with Gasteiger partial charge in [-0.15, -0.1) is 11.8 Å². The van der Waals surface area contributed by atoms with E-state index in [1.165, 1.54) is 22.7 Å². The normalized spacial score (nSPS) is 17.0. The summed E-state index contributed by atoms with van der Waals surface area (Å²) in [5.74, 6) is 0.575. The minimum absolute atomic E-state index is 0.267. The number of rotatable bonds is 4. The lowest BCUT2D eigenvalue weighted by atomic mass is 9.95. The molecule has 5 heteroatoms. The van der Waals surface area contributed by atoms with Crippen molar-refractivity contribution in [2.24, 2.45) is 0 Å². The molecule has 2 heterocycles. The second-order valence-electron chi connectivity index (χ2n) is 4.98. The number of nitrogens with one attached hydrogen (secondary N) is 1. The molecule has 3 rings (SSSR count). The van der Waals surface area contributed by atoms with Gasteiger partial charge in [-0.25, -0.2) is 4.79 Å². The van der Waals surface area contributed by atoms with Gasteiger partial charge < -0.3 is 10.4 Å². The Morgan fingerprint density at radius 2 is 2.24 bits per heavy atom. The Hall–Kier alpha value is -2.01. The predicted molar refractivity (Wildman–Crippen MR) is 84.2 cm³/mol. The molecule has 0 spiro atoms. The molecule has 1 aromatic carbocycles. The van der Waals surface area contributed by atoms with Gasteiger partial charge in [-0.05, 0) is 29.9 Å². The van der Waals surface area contributed by atoms with E-state index < -0.39 is 5.97 Å². The van der Waals surface area contributed by atoms with Gasteiger partial charge in [0.15, 0.2) is 0 Å². The zero-order chi connectivity index (χ0) is 14.7. The van der Waals surface area contributed by atoms with Crippen molar-refractivity contribution in [2.75, 3.05) is 17.6 Å². The average Bonchev–Trinajstić information content (AvgIpc) is 2.53. The van der Waals surface area contributed by atoms with Crippen LogP contribution in [-0.4, -0.2) is 28.4 Å². The van der Waals surface area contributed by atoms with Gasteiger partial charge in [0.25, 0.3) is 0 Å². The van der Waals surface area contributed by atoms with Crippen LogP contribution >= 0.6 is 11.8 Å². The van der Waals surface area contributed by atoms with Crippen molar-refractivity contribution in [3.63, 3.8) is 0 Å². The summed E-state index contributed by atoms with van der Waals surface area (Å²) in [5.41, 5.74) is 2.20. The number of nitrogens with zero attached hydrogens (tertiary/aromatic N) is 1. The number of aromatic nitrogens is 1. The number of fused-ring (bicyclic) bond motifs is 1. The van der Waals surface area contributed by atoms with E-state index in [-0.39, 0.29) is 5.56 Å². The Bertz CT molecular complexity index is 660. The number of aromatic carboxylic acids is 1. The van der Waals surface area contributed by atoms with Crippen LogP contribution in [0.2, 0.25) is 0 Å². The van der Waals surface area contributed by atoms with Crippen LogP contribution in [0.25, 0.3) is 0 Å². The molecule has 108 valence electrons. The number of pyridine rings is 1. The molecule has 1 aromatic heterocycles. The SMILES string of the molecule is O=C(O)c1ccncc1NCC1CCSc2ccccc21. The largest absolute Gasteiger partial charge is 0.478 e. The maximum Gasteiger partial charge on any atom is 0.337 e. The van der Waals surface area contributed by atoms with E-state index in [1.54, 1.807) is 6.20 Å². The number of thioether (sulfide) groups is 1. The van der Waals surface area contributed by atoms with E-state index in [9.17, 15) is 9.90 Å². The first-order valence-corrected chi connectivity index (χ1v) is 7.87. The lowest BCUT2D eigenvalue weighted by molar-refractivity contribution is 0.0698. The molecule has 0 bridgehead atoms. The topological polar surface area (TPSA) is 62.2 Å². The van der Waals surface area contributed by atoms with Gasteiger partial charge in [0.2, 0.25) is 0 Å². The zero-order valence-electron chi connectivity index (χ0n) is 11.5. The molecule has 21 heavy (non-hydrogen) atoms. The van der Waals surface area contributed by atoms with Gasteiger partial charge in [-0.1, -0.05) is 18.2 Å². The molecular weight excluding hydrogens is 284 g/mol. The van der Waals surface area contributed by atoms with Gasteiger partial charge in [0.1, 0.15) is 0 Å². The predicted octanol–water partition coefficient (Wildman–Crippen LogP) is 3.47. The maximum absolute atomic E-state index is 11.2. The van der Waals surface area contributed by atoms with Gasteiger partial charge in [0.05, 0.1) is 17.4 Å². The summed E-state index contributed by atoms with van der Waals surface area (Å²) in [5, 5.41) is 12.4. The van der Waals surface area contributed by atoms with Crippen LogP contribution in [0, 0.1) is 0 Å². The van der Waals surface area contributed by atoms with Crippen LogP contribution in [0.3, 0.4) is 0 Å². The van der Waals surface area contributed by atoms with E-state index in [0.717, 1.165) is 18.7 Å². The first kappa shape index (κ1) is 13.9. The minimum atomic E-state index is -0.931. The van der Waals surface area contributed by atoms with Crippen molar-refractivity contribution in [1.29, 1.82) is 0 Å². The van der Waals surface area contributed by atoms with Gasteiger partial charge in [0, 0.05) is 23.6 Å². The third kappa shape index (κ3) is 3.03. The Morgan fingerprint density at radius 3 is 3.10 bits per heavy atom. The quantitative estimate of drug-likeness (QED) is 0.905. The van der Waals surface area contributed by atoms with Gasteiger partial charge in [-0.2, -0.15) is 0 Å². The lowest BCUT2D eigenvalue weighted by Gasteiger charge is -2.25. The summed E-state index contributed by atoms with van der Waals surface area (Å²) < 4.78 is 0. The van der Waals surface area contributed by atoms with Crippen LogP contribution < -0.4 is 5.32 Å². The van der Waals surface area contributed by atoms with Gasteiger partial charge in [-0.3, -0.25) is 4.98 Å². The summed E-state index contributed by atoms with van der Waals surface area (Å²) in [4.78, 5) is 16.5. The summed E-state index contributed by atoms with van der Waals surface area (Å²) in [6.45, 7) is 0.726. The number of hydrogen-bond acceptors (Lipinski definition) is 4. The zero-order valence-corrected chi connectivity index (χ0v) is 12.3. The molecule has 1 aliphatic heterocycles. The number of benzene rings is 1. The molecule has 0 radical (unpaired) electrons. The number of carboxylic acids is 1. The molecule has 1 unspecified atom stereocenters. The fourth-order valence-electron chi connectivity index (χ4n) is 2.58. The van der Waals surface area contributed by atoms with Crippen LogP contribution in [0.4, 0.5) is 5.69 Å². The van der Waals surface area contributed by atoms with E-state index in [2.05, 4.69) is 34.6 Å². The van der Waals surface area contributed by atoms with Crippen LogP contribution in [0.1, 0.15) is 28.3 Å². The Morgan fingerprint density at radius 1 is 1.38 bits per heavy atom. The highest BCUT2D eigenvalue weighted by Crippen LogP contribution is 2.37. The minimum Gasteiger partial charge on any atom is -0.478 e. The van der Waals surface area contributed by atoms with E-state index in [1.807, 2.05) is 11.8 Å².